The van der Waals surface area contributed by atoms with Crippen molar-refractivity contribution in [2.24, 2.45) is 11.7 Å². The van der Waals surface area contributed by atoms with Crippen molar-refractivity contribution in [1.29, 1.82) is 0 Å². The quantitative estimate of drug-likeness (QED) is 0.920. The summed E-state index contributed by atoms with van der Waals surface area (Å²) in [6.45, 7) is 5.77. The lowest BCUT2D eigenvalue weighted by Crippen LogP contribution is -2.48. The molecule has 2 heterocycles. The van der Waals surface area contributed by atoms with E-state index in [2.05, 4.69) is 0 Å². The van der Waals surface area contributed by atoms with Gasteiger partial charge in [-0.1, -0.05) is 0 Å². The van der Waals surface area contributed by atoms with Crippen LogP contribution >= 0.6 is 11.3 Å². The SMILES string of the molecule is Cc1cc(S(=O)(=O)N2C[C@H](C(N)=O)CC[C@H]2C)c(C)s1. The van der Waals surface area contributed by atoms with E-state index in [-0.39, 0.29) is 18.5 Å². The Morgan fingerprint density at radius 1 is 1.40 bits per heavy atom. The van der Waals surface area contributed by atoms with Gasteiger partial charge in [-0.05, 0) is 39.7 Å². The molecular formula is C13H20N2O3S2. The van der Waals surface area contributed by atoms with Gasteiger partial charge in [0.1, 0.15) is 0 Å². The minimum absolute atomic E-state index is 0.102. The minimum Gasteiger partial charge on any atom is -0.369 e. The normalized spacial score (nSPS) is 24.8. The van der Waals surface area contributed by atoms with Crippen LogP contribution in [0.2, 0.25) is 0 Å². The average molecular weight is 316 g/mol. The summed E-state index contributed by atoms with van der Waals surface area (Å²) in [7, 11) is -3.55. The molecule has 0 saturated carbocycles. The number of hydrogen-bond donors (Lipinski definition) is 1. The summed E-state index contributed by atoms with van der Waals surface area (Å²) in [5.74, 6) is -0.809. The van der Waals surface area contributed by atoms with E-state index in [1.807, 2.05) is 20.8 Å². The number of nitrogens with two attached hydrogens (primary N) is 1. The summed E-state index contributed by atoms with van der Waals surface area (Å²) >= 11 is 1.47. The maximum absolute atomic E-state index is 12.8. The second kappa shape index (κ2) is 5.46. The third-order valence-electron chi connectivity index (χ3n) is 3.81. The number of thiophene rings is 1. The fourth-order valence-electron chi connectivity index (χ4n) is 2.63. The number of rotatable bonds is 3. The number of sulfonamides is 1. The highest BCUT2D eigenvalue weighted by molar-refractivity contribution is 7.89. The first kappa shape index (κ1) is 15.5. The monoisotopic (exact) mass is 316 g/mol. The molecule has 2 rings (SSSR count). The van der Waals surface area contributed by atoms with Gasteiger partial charge in [-0.2, -0.15) is 4.31 Å². The Hall–Kier alpha value is -0.920. The van der Waals surface area contributed by atoms with Crippen molar-refractivity contribution in [1.82, 2.24) is 4.31 Å². The molecule has 20 heavy (non-hydrogen) atoms. The summed E-state index contributed by atoms with van der Waals surface area (Å²) in [4.78, 5) is 13.5. The van der Waals surface area contributed by atoms with Gasteiger partial charge in [0.05, 0.1) is 10.8 Å². The van der Waals surface area contributed by atoms with Crippen LogP contribution in [0.15, 0.2) is 11.0 Å². The second-order valence-electron chi connectivity index (χ2n) is 5.38. The smallest absolute Gasteiger partial charge is 0.244 e. The maximum Gasteiger partial charge on any atom is 0.244 e. The molecule has 1 aromatic heterocycles. The second-order valence-corrected chi connectivity index (χ2v) is 8.70. The fraction of sp³-hybridized carbons (Fsp3) is 0.615. The van der Waals surface area contributed by atoms with Crippen LogP contribution in [0.5, 0.6) is 0 Å². The van der Waals surface area contributed by atoms with E-state index < -0.39 is 15.9 Å². The molecule has 1 aromatic rings. The Morgan fingerprint density at radius 3 is 2.55 bits per heavy atom. The number of carbonyl (C=O) groups is 1. The standard InChI is InChI=1S/C13H20N2O3S2/c1-8-4-5-11(13(14)16)7-15(8)20(17,18)12-6-9(2)19-10(12)3/h6,8,11H,4-5,7H2,1-3H3,(H2,14,16)/t8-,11-/m1/s1. The molecule has 0 radical (unpaired) electrons. The molecule has 0 aromatic carbocycles. The van der Waals surface area contributed by atoms with Crippen LogP contribution in [0.3, 0.4) is 0 Å². The molecule has 2 atom stereocenters. The summed E-state index contributed by atoms with van der Waals surface area (Å²) in [6.07, 6.45) is 1.32. The Kier molecular flexibility index (Phi) is 4.22. The largest absolute Gasteiger partial charge is 0.369 e. The molecule has 1 amide bonds. The topological polar surface area (TPSA) is 80.5 Å². The first-order chi connectivity index (χ1) is 9.23. The van der Waals surface area contributed by atoms with Crippen molar-refractivity contribution in [3.63, 3.8) is 0 Å². The lowest BCUT2D eigenvalue weighted by Gasteiger charge is -2.35. The van der Waals surface area contributed by atoms with E-state index in [0.29, 0.717) is 17.7 Å². The van der Waals surface area contributed by atoms with Crippen molar-refractivity contribution in [2.75, 3.05) is 6.54 Å². The van der Waals surface area contributed by atoms with Crippen molar-refractivity contribution in [3.05, 3.63) is 15.8 Å². The number of primary amides is 1. The van der Waals surface area contributed by atoms with Crippen molar-refractivity contribution in [2.45, 2.75) is 44.6 Å². The Balaban J connectivity index is 2.37. The predicted octanol–water partition coefficient (Wildman–Crippen LogP) is 1.64. The van der Waals surface area contributed by atoms with Gasteiger partial charge in [0, 0.05) is 22.3 Å². The van der Waals surface area contributed by atoms with Crippen LogP contribution in [-0.2, 0) is 14.8 Å². The van der Waals surface area contributed by atoms with Gasteiger partial charge >= 0.3 is 0 Å². The highest BCUT2D eigenvalue weighted by atomic mass is 32.2. The van der Waals surface area contributed by atoms with Gasteiger partial charge in [0.25, 0.3) is 0 Å². The van der Waals surface area contributed by atoms with E-state index in [0.717, 1.165) is 9.75 Å². The van der Waals surface area contributed by atoms with E-state index in [4.69, 9.17) is 5.73 Å². The molecule has 0 aliphatic carbocycles. The molecular weight excluding hydrogens is 296 g/mol. The zero-order valence-corrected chi connectivity index (χ0v) is 13.6. The molecule has 1 saturated heterocycles. The third kappa shape index (κ3) is 2.75. The van der Waals surface area contributed by atoms with Crippen LogP contribution in [0.4, 0.5) is 0 Å². The first-order valence-electron chi connectivity index (χ1n) is 6.61. The number of piperidine rings is 1. The molecule has 1 aliphatic heterocycles. The lowest BCUT2D eigenvalue weighted by molar-refractivity contribution is -0.123. The molecule has 1 fully saturated rings. The van der Waals surface area contributed by atoms with E-state index >= 15 is 0 Å². The van der Waals surface area contributed by atoms with Gasteiger partial charge in [0.2, 0.25) is 15.9 Å². The molecule has 5 nitrogen and oxygen atoms in total. The van der Waals surface area contributed by atoms with E-state index in [9.17, 15) is 13.2 Å². The van der Waals surface area contributed by atoms with Crippen molar-refractivity contribution < 1.29 is 13.2 Å². The van der Waals surface area contributed by atoms with Crippen LogP contribution < -0.4 is 5.73 Å². The Morgan fingerprint density at radius 2 is 2.05 bits per heavy atom. The number of aryl methyl sites for hydroxylation is 2. The zero-order valence-electron chi connectivity index (χ0n) is 11.9. The Labute approximate surface area is 123 Å². The molecule has 0 unspecified atom stereocenters. The average Bonchev–Trinajstić information content (AvgIpc) is 2.69. The summed E-state index contributed by atoms with van der Waals surface area (Å²) < 4.78 is 27.0. The molecule has 2 N–H and O–H groups in total. The first-order valence-corrected chi connectivity index (χ1v) is 8.87. The van der Waals surface area contributed by atoms with Crippen molar-refractivity contribution >= 4 is 27.3 Å². The number of carbonyl (C=O) groups excluding carboxylic acids is 1. The zero-order chi connectivity index (χ0) is 15.1. The summed E-state index contributed by atoms with van der Waals surface area (Å²) in [5, 5.41) is 0. The number of nitrogens with zero attached hydrogens (tertiary/aromatic N) is 1. The third-order valence-corrected chi connectivity index (χ3v) is 7.01. The van der Waals surface area contributed by atoms with Gasteiger partial charge in [-0.25, -0.2) is 8.42 Å². The van der Waals surface area contributed by atoms with E-state index in [1.165, 1.54) is 15.6 Å². The molecule has 7 heteroatoms. The minimum atomic E-state index is -3.55. The molecule has 0 bridgehead atoms. The Bertz CT molecular complexity index is 622. The predicted molar refractivity (Wildman–Crippen MR) is 79.1 cm³/mol. The van der Waals surface area contributed by atoms with Gasteiger partial charge in [-0.15, -0.1) is 11.3 Å². The van der Waals surface area contributed by atoms with E-state index in [1.54, 1.807) is 6.07 Å². The van der Waals surface area contributed by atoms with Crippen LogP contribution in [-0.4, -0.2) is 31.2 Å². The maximum atomic E-state index is 12.8. The number of amides is 1. The molecule has 0 spiro atoms. The molecule has 112 valence electrons. The van der Waals surface area contributed by atoms with Gasteiger partial charge < -0.3 is 5.73 Å². The lowest BCUT2D eigenvalue weighted by atomic mass is 9.95. The summed E-state index contributed by atoms with van der Waals surface area (Å²) in [5.41, 5.74) is 5.33. The highest BCUT2D eigenvalue weighted by Gasteiger charge is 2.37. The van der Waals surface area contributed by atoms with Crippen LogP contribution in [0.25, 0.3) is 0 Å². The van der Waals surface area contributed by atoms with Crippen LogP contribution in [0.1, 0.15) is 29.5 Å². The highest BCUT2D eigenvalue weighted by Crippen LogP contribution is 2.32. The van der Waals surface area contributed by atoms with Gasteiger partial charge in [0.15, 0.2) is 0 Å². The van der Waals surface area contributed by atoms with Gasteiger partial charge in [-0.3, -0.25) is 4.79 Å². The van der Waals surface area contributed by atoms with Crippen LogP contribution in [0, 0.1) is 19.8 Å². The molecule has 1 aliphatic rings. The number of hydrogen-bond acceptors (Lipinski definition) is 4. The summed E-state index contributed by atoms with van der Waals surface area (Å²) in [6, 6.07) is 1.60. The van der Waals surface area contributed by atoms with Crippen molar-refractivity contribution in [3.8, 4) is 0 Å². The fourth-order valence-corrected chi connectivity index (χ4v) is 5.86.